The normalized spacial score (nSPS) is 16.4. The van der Waals surface area contributed by atoms with Crippen molar-refractivity contribution in [1.82, 2.24) is 0 Å². The van der Waals surface area contributed by atoms with Gasteiger partial charge in [0.25, 0.3) is 0 Å². The second-order valence-electron chi connectivity index (χ2n) is 3.62. The zero-order valence-corrected chi connectivity index (χ0v) is 8.35. The Morgan fingerprint density at radius 3 is 2.64 bits per heavy atom. The van der Waals surface area contributed by atoms with Crippen LogP contribution in [-0.2, 0) is 0 Å². The highest BCUT2D eigenvalue weighted by atomic mass is 35.5. The van der Waals surface area contributed by atoms with Crippen LogP contribution in [0.15, 0.2) is 18.2 Å². The number of hydrogen-bond donors (Lipinski definition) is 0. The van der Waals surface area contributed by atoms with E-state index in [1.54, 1.807) is 0 Å². The summed E-state index contributed by atoms with van der Waals surface area (Å²) in [6.07, 6.45) is 2.98. The molecule has 14 heavy (non-hydrogen) atoms. The number of Topliss-reactive ketones (excluding diaryl/α,β-unsaturated/α-hetero) is 1. The van der Waals surface area contributed by atoms with Gasteiger partial charge in [-0.15, -0.1) is 0 Å². The highest BCUT2D eigenvalue weighted by Crippen LogP contribution is 2.31. The Morgan fingerprint density at radius 1 is 1.43 bits per heavy atom. The fraction of sp³-hybridized carbons (Fsp3) is 0.364. The average Bonchev–Trinajstić information content (AvgIpc) is 2.00. The highest BCUT2D eigenvalue weighted by molar-refractivity contribution is 6.34. The van der Waals surface area contributed by atoms with Crippen LogP contribution in [0.1, 0.15) is 29.6 Å². The van der Waals surface area contributed by atoms with Crippen LogP contribution in [0.4, 0.5) is 4.39 Å². The predicted molar refractivity (Wildman–Crippen MR) is 53.1 cm³/mol. The van der Waals surface area contributed by atoms with Gasteiger partial charge in [0.1, 0.15) is 5.82 Å². The Hall–Kier alpha value is -0.890. The summed E-state index contributed by atoms with van der Waals surface area (Å²) in [5.74, 6) is -0.237. The topological polar surface area (TPSA) is 17.1 Å². The quantitative estimate of drug-likeness (QED) is 0.687. The fourth-order valence-corrected chi connectivity index (χ4v) is 1.84. The summed E-state index contributed by atoms with van der Waals surface area (Å²) in [5.41, 5.74) is 0.456. The van der Waals surface area contributed by atoms with Crippen LogP contribution in [0, 0.1) is 11.7 Å². The summed E-state index contributed by atoms with van der Waals surface area (Å²) in [7, 11) is 0. The van der Waals surface area contributed by atoms with Crippen molar-refractivity contribution in [2.45, 2.75) is 19.3 Å². The van der Waals surface area contributed by atoms with Gasteiger partial charge in [0, 0.05) is 11.5 Å². The third kappa shape index (κ3) is 1.67. The van der Waals surface area contributed by atoms with Crippen molar-refractivity contribution in [2.75, 3.05) is 0 Å². The maximum atomic E-state index is 12.7. The summed E-state index contributed by atoms with van der Waals surface area (Å²) in [6, 6.07) is 3.93. The zero-order valence-electron chi connectivity index (χ0n) is 7.59. The van der Waals surface area contributed by atoms with E-state index in [1.165, 1.54) is 18.2 Å². The van der Waals surface area contributed by atoms with Crippen LogP contribution in [-0.4, -0.2) is 5.78 Å². The highest BCUT2D eigenvalue weighted by Gasteiger charge is 2.27. The molecular weight excluding hydrogens is 203 g/mol. The van der Waals surface area contributed by atoms with Crippen LogP contribution in [0.3, 0.4) is 0 Å². The van der Waals surface area contributed by atoms with E-state index in [0.717, 1.165) is 19.3 Å². The van der Waals surface area contributed by atoms with E-state index < -0.39 is 5.82 Å². The van der Waals surface area contributed by atoms with Crippen molar-refractivity contribution in [3.8, 4) is 0 Å². The van der Waals surface area contributed by atoms with Gasteiger partial charge in [0.2, 0.25) is 0 Å². The van der Waals surface area contributed by atoms with E-state index in [0.29, 0.717) is 5.56 Å². The molecule has 0 heterocycles. The Balaban J connectivity index is 2.26. The molecule has 1 aliphatic carbocycles. The monoisotopic (exact) mass is 212 g/mol. The van der Waals surface area contributed by atoms with Crippen LogP contribution in [0.2, 0.25) is 5.02 Å². The number of halogens is 2. The van der Waals surface area contributed by atoms with Crippen molar-refractivity contribution < 1.29 is 9.18 Å². The van der Waals surface area contributed by atoms with Crippen molar-refractivity contribution in [2.24, 2.45) is 5.92 Å². The molecule has 0 spiro atoms. The van der Waals surface area contributed by atoms with Crippen LogP contribution < -0.4 is 0 Å². The molecule has 0 radical (unpaired) electrons. The molecule has 3 heteroatoms. The molecule has 0 atom stereocenters. The molecule has 0 bridgehead atoms. The Kier molecular flexibility index (Phi) is 2.55. The predicted octanol–water partition coefficient (Wildman–Crippen LogP) is 3.46. The molecule has 1 aromatic carbocycles. The first-order valence-corrected chi connectivity index (χ1v) is 5.05. The van der Waals surface area contributed by atoms with Crippen molar-refractivity contribution in [3.63, 3.8) is 0 Å². The number of carbonyl (C=O) groups excluding carboxylic acids is 1. The first-order chi connectivity index (χ1) is 6.68. The third-order valence-electron chi connectivity index (χ3n) is 2.67. The number of carbonyl (C=O) groups is 1. The molecule has 1 nitrogen and oxygen atoms in total. The van der Waals surface area contributed by atoms with Gasteiger partial charge in [-0.25, -0.2) is 4.39 Å². The van der Waals surface area contributed by atoms with Gasteiger partial charge < -0.3 is 0 Å². The Bertz CT molecular complexity index is 372. The maximum absolute atomic E-state index is 12.7. The van der Waals surface area contributed by atoms with E-state index in [1.807, 2.05) is 0 Å². The molecule has 0 amide bonds. The molecule has 74 valence electrons. The first-order valence-electron chi connectivity index (χ1n) is 4.68. The molecule has 1 fully saturated rings. The summed E-state index contributed by atoms with van der Waals surface area (Å²) in [5, 5.41) is 0.224. The molecule has 0 N–H and O–H groups in total. The molecule has 1 aromatic rings. The minimum Gasteiger partial charge on any atom is -0.294 e. The number of rotatable bonds is 2. The van der Waals surface area contributed by atoms with Gasteiger partial charge >= 0.3 is 0 Å². The van der Waals surface area contributed by atoms with Gasteiger partial charge in [-0.05, 0) is 31.0 Å². The zero-order chi connectivity index (χ0) is 10.1. The van der Waals surface area contributed by atoms with Gasteiger partial charge in [0.05, 0.1) is 5.02 Å². The van der Waals surface area contributed by atoms with E-state index in [-0.39, 0.29) is 16.7 Å². The average molecular weight is 213 g/mol. The lowest BCUT2D eigenvalue weighted by Gasteiger charge is -2.24. The van der Waals surface area contributed by atoms with Crippen LogP contribution in [0.25, 0.3) is 0 Å². The smallest absolute Gasteiger partial charge is 0.167 e. The van der Waals surface area contributed by atoms with Gasteiger partial charge in [-0.1, -0.05) is 18.0 Å². The molecule has 1 aliphatic rings. The van der Waals surface area contributed by atoms with E-state index >= 15 is 0 Å². The second-order valence-corrected chi connectivity index (χ2v) is 4.02. The number of hydrogen-bond acceptors (Lipinski definition) is 1. The number of benzene rings is 1. The molecule has 1 saturated carbocycles. The van der Waals surface area contributed by atoms with Crippen molar-refractivity contribution >= 4 is 17.4 Å². The first kappa shape index (κ1) is 9.66. The summed E-state index contributed by atoms with van der Waals surface area (Å²) in [4.78, 5) is 11.8. The molecule has 0 aromatic heterocycles. The minimum atomic E-state index is -0.403. The molecule has 0 saturated heterocycles. The standard InChI is InChI=1S/C11H10ClFO/c12-10-6-8(13)4-5-9(10)11(14)7-2-1-3-7/h4-7H,1-3H2. The molecular formula is C11H10ClFO. The van der Waals surface area contributed by atoms with Gasteiger partial charge in [0.15, 0.2) is 5.78 Å². The largest absolute Gasteiger partial charge is 0.294 e. The van der Waals surface area contributed by atoms with Crippen LogP contribution in [0.5, 0.6) is 0 Å². The Labute approximate surface area is 86.9 Å². The summed E-state index contributed by atoms with van der Waals surface area (Å²) in [6.45, 7) is 0. The summed E-state index contributed by atoms with van der Waals surface area (Å²) < 4.78 is 12.7. The van der Waals surface area contributed by atoms with E-state index in [2.05, 4.69) is 0 Å². The fourth-order valence-electron chi connectivity index (χ4n) is 1.58. The minimum absolute atomic E-state index is 0.0567. The summed E-state index contributed by atoms with van der Waals surface area (Å²) >= 11 is 5.79. The number of ketones is 1. The van der Waals surface area contributed by atoms with Crippen LogP contribution >= 0.6 is 11.6 Å². The van der Waals surface area contributed by atoms with E-state index in [9.17, 15) is 9.18 Å². The molecule has 0 aliphatic heterocycles. The second kappa shape index (κ2) is 3.70. The lowest BCUT2D eigenvalue weighted by Crippen LogP contribution is -2.22. The third-order valence-corrected chi connectivity index (χ3v) is 2.99. The SMILES string of the molecule is O=C(c1ccc(F)cc1Cl)C1CCC1. The van der Waals surface area contributed by atoms with E-state index in [4.69, 9.17) is 11.6 Å². The molecule has 2 rings (SSSR count). The lowest BCUT2D eigenvalue weighted by atomic mass is 9.80. The van der Waals surface area contributed by atoms with Crippen molar-refractivity contribution in [1.29, 1.82) is 0 Å². The van der Waals surface area contributed by atoms with Gasteiger partial charge in [-0.3, -0.25) is 4.79 Å². The molecule has 0 unspecified atom stereocenters. The maximum Gasteiger partial charge on any atom is 0.167 e. The Morgan fingerprint density at radius 2 is 2.14 bits per heavy atom. The van der Waals surface area contributed by atoms with Gasteiger partial charge in [-0.2, -0.15) is 0 Å². The lowest BCUT2D eigenvalue weighted by molar-refractivity contribution is 0.0855. The van der Waals surface area contributed by atoms with Crippen molar-refractivity contribution in [3.05, 3.63) is 34.6 Å².